The fraction of sp³-hybridized carbons (Fsp3) is 0.556. The highest BCUT2D eigenvalue weighted by Gasteiger charge is 2.13. The number of hydrogen-bond donors (Lipinski definition) is 1. The summed E-state index contributed by atoms with van der Waals surface area (Å²) in [5.74, 6) is 0.835. The Bertz CT molecular complexity index is 289. The number of nitrogens with zero attached hydrogens (tertiary/aromatic N) is 2. The number of aromatic amines is 1. The molecule has 2 heterocycles. The Hall–Kier alpha value is -1.32. The predicted octanol–water partition coefficient (Wildman–Crippen LogP) is 1.21. The number of aldehydes is 1. The minimum absolute atomic E-state index is 0.556. The summed E-state index contributed by atoms with van der Waals surface area (Å²) in [4.78, 5) is 19.7. The van der Waals surface area contributed by atoms with Crippen LogP contribution in [0.3, 0.4) is 0 Å². The normalized spacial score (nSPS) is 17.4. The first-order valence-corrected chi connectivity index (χ1v) is 4.65. The first-order chi connectivity index (χ1) is 6.40. The Morgan fingerprint density at radius 2 is 2.15 bits per heavy atom. The van der Waals surface area contributed by atoms with Gasteiger partial charge in [0.1, 0.15) is 0 Å². The molecule has 0 bridgehead atoms. The Morgan fingerprint density at radius 3 is 2.77 bits per heavy atom. The number of carbonyl (C=O) groups is 1. The number of piperidine rings is 1. The Balaban J connectivity index is 2.09. The predicted molar refractivity (Wildman–Crippen MR) is 50.0 cm³/mol. The van der Waals surface area contributed by atoms with Crippen molar-refractivity contribution in [2.24, 2.45) is 0 Å². The van der Waals surface area contributed by atoms with Gasteiger partial charge in [0.2, 0.25) is 5.95 Å². The maximum Gasteiger partial charge on any atom is 0.203 e. The molecule has 1 aromatic heterocycles. The van der Waals surface area contributed by atoms with Crippen molar-refractivity contribution in [3.8, 4) is 0 Å². The molecule has 70 valence electrons. The molecule has 0 unspecified atom stereocenters. The fourth-order valence-electron chi connectivity index (χ4n) is 1.65. The van der Waals surface area contributed by atoms with E-state index in [0.29, 0.717) is 5.69 Å². The lowest BCUT2D eigenvalue weighted by molar-refractivity contribution is 0.111. The molecule has 1 N–H and O–H groups in total. The molecule has 4 heteroatoms. The molecule has 1 aliphatic heterocycles. The van der Waals surface area contributed by atoms with E-state index in [-0.39, 0.29) is 0 Å². The molecule has 0 saturated carbocycles. The summed E-state index contributed by atoms with van der Waals surface area (Å²) in [6.45, 7) is 2.09. The second-order valence-corrected chi connectivity index (χ2v) is 3.33. The van der Waals surface area contributed by atoms with E-state index in [2.05, 4.69) is 14.9 Å². The fourth-order valence-corrected chi connectivity index (χ4v) is 1.65. The van der Waals surface area contributed by atoms with Crippen molar-refractivity contribution < 1.29 is 4.79 Å². The molecular formula is C9H13N3O. The molecule has 2 rings (SSSR count). The van der Waals surface area contributed by atoms with Gasteiger partial charge in [-0.1, -0.05) is 0 Å². The maximum absolute atomic E-state index is 10.4. The lowest BCUT2D eigenvalue weighted by atomic mass is 10.1. The molecule has 0 aromatic carbocycles. The van der Waals surface area contributed by atoms with Gasteiger partial charge < -0.3 is 9.88 Å². The van der Waals surface area contributed by atoms with Crippen LogP contribution in [0, 0.1) is 0 Å². The Morgan fingerprint density at radius 1 is 1.38 bits per heavy atom. The number of aromatic nitrogens is 2. The monoisotopic (exact) mass is 179 g/mol. The molecule has 0 spiro atoms. The van der Waals surface area contributed by atoms with Gasteiger partial charge in [-0.2, -0.15) is 0 Å². The van der Waals surface area contributed by atoms with Crippen molar-refractivity contribution in [2.75, 3.05) is 18.0 Å². The summed E-state index contributed by atoms with van der Waals surface area (Å²) in [5.41, 5.74) is 0.556. The van der Waals surface area contributed by atoms with Crippen LogP contribution in [0.5, 0.6) is 0 Å². The highest BCUT2D eigenvalue weighted by molar-refractivity contribution is 5.72. The number of imidazole rings is 1. The first kappa shape index (κ1) is 8.29. The minimum Gasteiger partial charge on any atom is -0.342 e. The molecule has 1 saturated heterocycles. The SMILES string of the molecule is O=Cc1cnc(N2CCCCC2)[nH]1. The third-order valence-corrected chi connectivity index (χ3v) is 2.36. The van der Waals surface area contributed by atoms with Gasteiger partial charge in [0.05, 0.1) is 11.9 Å². The van der Waals surface area contributed by atoms with Crippen LogP contribution >= 0.6 is 0 Å². The van der Waals surface area contributed by atoms with Crippen molar-refractivity contribution in [1.82, 2.24) is 9.97 Å². The summed E-state index contributed by atoms with van der Waals surface area (Å²) in [6.07, 6.45) is 6.11. The number of anilines is 1. The quantitative estimate of drug-likeness (QED) is 0.694. The second-order valence-electron chi connectivity index (χ2n) is 3.33. The largest absolute Gasteiger partial charge is 0.342 e. The summed E-state index contributed by atoms with van der Waals surface area (Å²) in [7, 11) is 0. The Labute approximate surface area is 77.0 Å². The third-order valence-electron chi connectivity index (χ3n) is 2.36. The van der Waals surface area contributed by atoms with Crippen LogP contribution in [-0.2, 0) is 0 Å². The van der Waals surface area contributed by atoms with Gasteiger partial charge in [-0.15, -0.1) is 0 Å². The molecule has 0 atom stereocenters. The Kier molecular flexibility index (Phi) is 2.29. The average molecular weight is 179 g/mol. The second kappa shape index (κ2) is 3.60. The molecule has 1 aromatic rings. The van der Waals surface area contributed by atoms with Gasteiger partial charge in [0.15, 0.2) is 6.29 Å². The van der Waals surface area contributed by atoms with Crippen LogP contribution in [-0.4, -0.2) is 29.3 Å². The topological polar surface area (TPSA) is 49.0 Å². The van der Waals surface area contributed by atoms with E-state index < -0.39 is 0 Å². The molecule has 1 aliphatic rings. The standard InChI is InChI=1S/C9H13N3O/c13-7-8-6-10-9(11-8)12-4-2-1-3-5-12/h6-7H,1-5H2,(H,10,11). The van der Waals surface area contributed by atoms with Crippen LogP contribution in [0.1, 0.15) is 29.8 Å². The molecule has 1 fully saturated rings. The van der Waals surface area contributed by atoms with Crippen LogP contribution in [0.15, 0.2) is 6.20 Å². The van der Waals surface area contributed by atoms with E-state index in [1.807, 2.05) is 0 Å². The van der Waals surface area contributed by atoms with E-state index in [0.717, 1.165) is 25.3 Å². The van der Waals surface area contributed by atoms with E-state index in [1.165, 1.54) is 19.3 Å². The van der Waals surface area contributed by atoms with Crippen molar-refractivity contribution in [1.29, 1.82) is 0 Å². The number of hydrogen-bond acceptors (Lipinski definition) is 3. The van der Waals surface area contributed by atoms with Crippen molar-refractivity contribution in [3.63, 3.8) is 0 Å². The third kappa shape index (κ3) is 1.71. The van der Waals surface area contributed by atoms with E-state index in [1.54, 1.807) is 6.20 Å². The summed E-state index contributed by atoms with van der Waals surface area (Å²) in [5, 5.41) is 0. The molecule has 0 aliphatic carbocycles. The lowest BCUT2D eigenvalue weighted by Crippen LogP contribution is -2.30. The van der Waals surface area contributed by atoms with E-state index >= 15 is 0 Å². The highest BCUT2D eigenvalue weighted by atomic mass is 16.1. The number of H-pyrrole nitrogens is 1. The van der Waals surface area contributed by atoms with Crippen LogP contribution in [0.4, 0.5) is 5.95 Å². The van der Waals surface area contributed by atoms with Gasteiger partial charge >= 0.3 is 0 Å². The van der Waals surface area contributed by atoms with E-state index in [4.69, 9.17) is 0 Å². The first-order valence-electron chi connectivity index (χ1n) is 4.65. The molecule has 0 amide bonds. The number of rotatable bonds is 2. The average Bonchev–Trinajstić information content (AvgIpc) is 2.67. The smallest absolute Gasteiger partial charge is 0.203 e. The van der Waals surface area contributed by atoms with Crippen LogP contribution in [0.25, 0.3) is 0 Å². The zero-order valence-corrected chi connectivity index (χ0v) is 7.49. The molecule has 13 heavy (non-hydrogen) atoms. The van der Waals surface area contributed by atoms with Gasteiger partial charge in [-0.3, -0.25) is 4.79 Å². The van der Waals surface area contributed by atoms with Crippen molar-refractivity contribution in [3.05, 3.63) is 11.9 Å². The zero-order chi connectivity index (χ0) is 9.10. The van der Waals surface area contributed by atoms with Gasteiger partial charge in [0, 0.05) is 13.1 Å². The minimum atomic E-state index is 0.556. The lowest BCUT2D eigenvalue weighted by Gasteiger charge is -2.25. The summed E-state index contributed by atoms with van der Waals surface area (Å²) >= 11 is 0. The number of carbonyl (C=O) groups excluding carboxylic acids is 1. The van der Waals surface area contributed by atoms with Gasteiger partial charge in [-0.25, -0.2) is 4.98 Å². The van der Waals surface area contributed by atoms with Gasteiger partial charge in [0.25, 0.3) is 0 Å². The van der Waals surface area contributed by atoms with Crippen molar-refractivity contribution in [2.45, 2.75) is 19.3 Å². The maximum atomic E-state index is 10.4. The summed E-state index contributed by atoms with van der Waals surface area (Å²) in [6, 6.07) is 0. The molecular weight excluding hydrogens is 166 g/mol. The van der Waals surface area contributed by atoms with Crippen molar-refractivity contribution >= 4 is 12.2 Å². The zero-order valence-electron chi connectivity index (χ0n) is 7.49. The molecule has 0 radical (unpaired) electrons. The van der Waals surface area contributed by atoms with E-state index in [9.17, 15) is 4.79 Å². The summed E-state index contributed by atoms with van der Waals surface area (Å²) < 4.78 is 0. The van der Waals surface area contributed by atoms with Gasteiger partial charge in [-0.05, 0) is 19.3 Å². The van der Waals surface area contributed by atoms with Crippen LogP contribution in [0.2, 0.25) is 0 Å². The van der Waals surface area contributed by atoms with Crippen LogP contribution < -0.4 is 4.90 Å². The molecule has 4 nitrogen and oxygen atoms in total. The highest BCUT2D eigenvalue weighted by Crippen LogP contribution is 2.15. The number of nitrogens with one attached hydrogen (secondary N) is 1.